The molecule has 0 bridgehead atoms. The van der Waals surface area contributed by atoms with E-state index in [1.807, 2.05) is 0 Å². The van der Waals surface area contributed by atoms with Gasteiger partial charge in [-0.1, -0.05) is 91.0 Å². The number of aryl methyl sites for hydroxylation is 1. The third kappa shape index (κ3) is 3.31. The van der Waals surface area contributed by atoms with Crippen molar-refractivity contribution < 1.29 is 0 Å². The van der Waals surface area contributed by atoms with Gasteiger partial charge >= 0.3 is 0 Å². The number of hydrogen-bond acceptors (Lipinski definition) is 0. The highest BCUT2D eigenvalue weighted by Crippen LogP contribution is 2.35. The molecule has 0 heteroatoms. The SMILES string of the molecule is Cc1cc(-c2ccccc2)ccc1-c1ccc(-c2ccccc2)c(C)c1C. The average molecular weight is 348 g/mol. The Morgan fingerprint density at radius 2 is 0.926 bits per heavy atom. The van der Waals surface area contributed by atoms with E-state index in [0.717, 1.165) is 0 Å². The summed E-state index contributed by atoms with van der Waals surface area (Å²) in [6.07, 6.45) is 0. The van der Waals surface area contributed by atoms with Crippen LogP contribution in [0.3, 0.4) is 0 Å². The fraction of sp³-hybridized carbons (Fsp3) is 0.111. The minimum atomic E-state index is 1.26. The third-order valence-electron chi connectivity index (χ3n) is 5.50. The molecule has 0 radical (unpaired) electrons. The van der Waals surface area contributed by atoms with Crippen molar-refractivity contribution in [3.8, 4) is 33.4 Å². The number of hydrogen-bond donors (Lipinski definition) is 0. The van der Waals surface area contributed by atoms with E-state index >= 15 is 0 Å². The van der Waals surface area contributed by atoms with Gasteiger partial charge in [-0.3, -0.25) is 0 Å². The summed E-state index contributed by atoms with van der Waals surface area (Å²) < 4.78 is 0. The molecule has 4 rings (SSSR count). The van der Waals surface area contributed by atoms with E-state index < -0.39 is 0 Å². The molecule has 4 aromatic carbocycles. The van der Waals surface area contributed by atoms with Crippen molar-refractivity contribution in [2.45, 2.75) is 20.8 Å². The summed E-state index contributed by atoms with van der Waals surface area (Å²) in [5, 5.41) is 0. The lowest BCUT2D eigenvalue weighted by molar-refractivity contribution is 1.33. The summed E-state index contributed by atoms with van der Waals surface area (Å²) in [5.74, 6) is 0. The van der Waals surface area contributed by atoms with Crippen LogP contribution in [0.15, 0.2) is 91.0 Å². The normalized spacial score (nSPS) is 10.8. The Bertz CT molecular complexity index is 1070. The molecule has 0 aliphatic carbocycles. The zero-order valence-electron chi connectivity index (χ0n) is 16.2. The van der Waals surface area contributed by atoms with Crippen molar-refractivity contribution in [2.24, 2.45) is 0 Å². The van der Waals surface area contributed by atoms with Gasteiger partial charge < -0.3 is 0 Å². The average Bonchev–Trinajstić information content (AvgIpc) is 2.72. The fourth-order valence-electron chi connectivity index (χ4n) is 3.82. The summed E-state index contributed by atoms with van der Waals surface area (Å²) in [6.45, 7) is 6.68. The molecule has 0 atom stereocenters. The van der Waals surface area contributed by atoms with E-state index in [1.54, 1.807) is 0 Å². The van der Waals surface area contributed by atoms with Gasteiger partial charge in [0.25, 0.3) is 0 Å². The Morgan fingerprint density at radius 3 is 1.56 bits per heavy atom. The molecule has 0 spiro atoms. The lowest BCUT2D eigenvalue weighted by Gasteiger charge is -2.16. The van der Waals surface area contributed by atoms with Crippen LogP contribution in [0.2, 0.25) is 0 Å². The van der Waals surface area contributed by atoms with Crippen molar-refractivity contribution in [3.63, 3.8) is 0 Å². The maximum absolute atomic E-state index is 2.30. The molecule has 4 aromatic rings. The second-order valence-electron chi connectivity index (χ2n) is 7.17. The maximum Gasteiger partial charge on any atom is -0.0149 e. The van der Waals surface area contributed by atoms with Crippen LogP contribution in [0.4, 0.5) is 0 Å². The minimum Gasteiger partial charge on any atom is -0.0622 e. The van der Waals surface area contributed by atoms with Gasteiger partial charge in [-0.2, -0.15) is 0 Å². The van der Waals surface area contributed by atoms with Gasteiger partial charge in [-0.25, -0.2) is 0 Å². The Morgan fingerprint density at radius 1 is 0.407 bits per heavy atom. The van der Waals surface area contributed by atoms with E-state index in [0.29, 0.717) is 0 Å². The van der Waals surface area contributed by atoms with Gasteiger partial charge in [-0.05, 0) is 70.8 Å². The van der Waals surface area contributed by atoms with Gasteiger partial charge in [0.05, 0.1) is 0 Å². The van der Waals surface area contributed by atoms with E-state index in [1.165, 1.54) is 50.1 Å². The summed E-state index contributed by atoms with van der Waals surface area (Å²) in [4.78, 5) is 0. The molecular formula is C27H24. The predicted molar refractivity (Wildman–Crippen MR) is 117 cm³/mol. The smallest absolute Gasteiger partial charge is 0.0149 e. The molecule has 0 N–H and O–H groups in total. The van der Waals surface area contributed by atoms with E-state index in [4.69, 9.17) is 0 Å². The van der Waals surface area contributed by atoms with Gasteiger partial charge in [0, 0.05) is 0 Å². The van der Waals surface area contributed by atoms with Crippen molar-refractivity contribution in [3.05, 3.63) is 108 Å². The molecule has 0 aliphatic heterocycles. The van der Waals surface area contributed by atoms with E-state index in [-0.39, 0.29) is 0 Å². The van der Waals surface area contributed by atoms with Crippen LogP contribution in [-0.4, -0.2) is 0 Å². The van der Waals surface area contributed by atoms with Crippen LogP contribution in [0.1, 0.15) is 16.7 Å². The fourth-order valence-corrected chi connectivity index (χ4v) is 3.82. The van der Waals surface area contributed by atoms with Crippen molar-refractivity contribution in [1.29, 1.82) is 0 Å². The lowest BCUT2D eigenvalue weighted by atomic mass is 9.88. The zero-order valence-corrected chi connectivity index (χ0v) is 16.2. The topological polar surface area (TPSA) is 0 Å². The quantitative estimate of drug-likeness (QED) is 0.357. The monoisotopic (exact) mass is 348 g/mol. The second-order valence-corrected chi connectivity index (χ2v) is 7.17. The first-order valence-electron chi connectivity index (χ1n) is 9.47. The summed E-state index contributed by atoms with van der Waals surface area (Å²) in [6, 6.07) is 32.5. The molecule has 132 valence electrons. The predicted octanol–water partition coefficient (Wildman–Crippen LogP) is 7.61. The van der Waals surface area contributed by atoms with E-state index in [2.05, 4.69) is 112 Å². The van der Waals surface area contributed by atoms with Gasteiger partial charge in [0.2, 0.25) is 0 Å². The first-order chi connectivity index (χ1) is 13.1. The number of benzene rings is 4. The summed E-state index contributed by atoms with van der Waals surface area (Å²) in [7, 11) is 0. The zero-order chi connectivity index (χ0) is 18.8. The highest BCUT2D eigenvalue weighted by atomic mass is 14.2. The van der Waals surface area contributed by atoms with Crippen LogP contribution in [0, 0.1) is 20.8 Å². The molecule has 0 nitrogen and oxygen atoms in total. The maximum atomic E-state index is 2.30. The van der Waals surface area contributed by atoms with Crippen LogP contribution in [0.25, 0.3) is 33.4 Å². The van der Waals surface area contributed by atoms with E-state index in [9.17, 15) is 0 Å². The molecule has 0 heterocycles. The summed E-state index contributed by atoms with van der Waals surface area (Å²) >= 11 is 0. The van der Waals surface area contributed by atoms with Crippen LogP contribution in [-0.2, 0) is 0 Å². The van der Waals surface area contributed by atoms with Crippen LogP contribution >= 0.6 is 0 Å². The van der Waals surface area contributed by atoms with Crippen molar-refractivity contribution in [1.82, 2.24) is 0 Å². The molecule has 0 aliphatic rings. The minimum absolute atomic E-state index is 1.26. The molecule has 0 saturated carbocycles. The van der Waals surface area contributed by atoms with Gasteiger partial charge in [0.1, 0.15) is 0 Å². The first kappa shape index (κ1) is 17.3. The Hall–Kier alpha value is -3.12. The lowest BCUT2D eigenvalue weighted by Crippen LogP contribution is -1.93. The van der Waals surface area contributed by atoms with Crippen LogP contribution in [0.5, 0.6) is 0 Å². The molecule has 27 heavy (non-hydrogen) atoms. The van der Waals surface area contributed by atoms with Crippen molar-refractivity contribution >= 4 is 0 Å². The second kappa shape index (κ2) is 7.25. The molecule has 0 saturated heterocycles. The molecule has 0 amide bonds. The van der Waals surface area contributed by atoms with Gasteiger partial charge in [-0.15, -0.1) is 0 Å². The summed E-state index contributed by atoms with van der Waals surface area (Å²) in [5.41, 5.74) is 11.8. The molecule has 0 aromatic heterocycles. The highest BCUT2D eigenvalue weighted by Gasteiger charge is 2.12. The standard InChI is InChI=1S/C27H24/c1-19-18-24(22-10-6-4-7-11-22)14-15-25(19)27-17-16-26(20(2)21(27)3)23-12-8-5-9-13-23/h4-18H,1-3H3. The largest absolute Gasteiger partial charge is 0.0622 e. The Labute approximate surface area is 162 Å². The first-order valence-corrected chi connectivity index (χ1v) is 9.47. The van der Waals surface area contributed by atoms with Gasteiger partial charge in [0.15, 0.2) is 0 Å². The molecular weight excluding hydrogens is 324 g/mol. The Balaban J connectivity index is 1.77. The number of rotatable bonds is 3. The molecule has 0 fully saturated rings. The highest BCUT2D eigenvalue weighted by molar-refractivity contribution is 5.80. The van der Waals surface area contributed by atoms with Crippen LogP contribution < -0.4 is 0 Å². The molecule has 0 unspecified atom stereocenters. The third-order valence-corrected chi connectivity index (χ3v) is 5.50. The Kier molecular flexibility index (Phi) is 4.64. The van der Waals surface area contributed by atoms with Crippen molar-refractivity contribution in [2.75, 3.05) is 0 Å².